The number of carbonyl (C=O) groups excluding carboxylic acids is 2. The van der Waals surface area contributed by atoms with Gasteiger partial charge < -0.3 is 19.9 Å². The van der Waals surface area contributed by atoms with Crippen molar-refractivity contribution in [2.45, 2.75) is 13.0 Å². The molecule has 0 saturated heterocycles. The Labute approximate surface area is 168 Å². The summed E-state index contributed by atoms with van der Waals surface area (Å²) >= 11 is 0. The number of ether oxygens (including phenoxy) is 2. The SMILES string of the molecule is COc1ccc(C)cc1NC(=O)[C@H](OC(=O)c1cccc(O)c1)c1ccccc1. The highest BCUT2D eigenvalue weighted by atomic mass is 16.5. The number of benzene rings is 3. The van der Waals surface area contributed by atoms with Gasteiger partial charge in [0.05, 0.1) is 18.4 Å². The number of amides is 1. The van der Waals surface area contributed by atoms with Crippen LogP contribution in [0.5, 0.6) is 11.5 Å². The average molecular weight is 391 g/mol. The first-order chi connectivity index (χ1) is 14.0. The monoisotopic (exact) mass is 391 g/mol. The number of hydrogen-bond donors (Lipinski definition) is 2. The fraction of sp³-hybridized carbons (Fsp3) is 0.130. The van der Waals surface area contributed by atoms with Crippen molar-refractivity contribution in [3.05, 3.63) is 89.5 Å². The topological polar surface area (TPSA) is 84.9 Å². The smallest absolute Gasteiger partial charge is 0.339 e. The maximum Gasteiger partial charge on any atom is 0.339 e. The number of carbonyl (C=O) groups is 2. The molecule has 0 bridgehead atoms. The summed E-state index contributed by atoms with van der Waals surface area (Å²) in [5.74, 6) is -0.811. The number of aryl methyl sites for hydroxylation is 1. The van der Waals surface area contributed by atoms with Gasteiger partial charge in [0.25, 0.3) is 5.91 Å². The zero-order chi connectivity index (χ0) is 20.8. The number of nitrogens with one attached hydrogen (secondary N) is 1. The minimum atomic E-state index is -1.18. The average Bonchev–Trinajstić information content (AvgIpc) is 2.72. The molecule has 1 atom stereocenters. The molecule has 0 fully saturated rings. The van der Waals surface area contributed by atoms with Gasteiger partial charge in [-0.1, -0.05) is 42.5 Å². The standard InChI is InChI=1S/C23H21NO5/c1-15-11-12-20(28-2)19(13-15)24-22(26)21(16-7-4-3-5-8-16)29-23(27)17-9-6-10-18(25)14-17/h3-14,21,25H,1-2H3,(H,24,26)/t21-/m1/s1. The predicted octanol–water partition coefficient (Wildman–Crippen LogP) is 4.25. The lowest BCUT2D eigenvalue weighted by Crippen LogP contribution is -2.26. The van der Waals surface area contributed by atoms with E-state index < -0.39 is 18.0 Å². The molecule has 0 heterocycles. The van der Waals surface area contributed by atoms with E-state index in [1.54, 1.807) is 42.5 Å². The molecule has 0 saturated carbocycles. The Balaban J connectivity index is 1.89. The van der Waals surface area contributed by atoms with E-state index in [9.17, 15) is 14.7 Å². The Kier molecular flexibility index (Phi) is 6.14. The third-order valence-corrected chi connectivity index (χ3v) is 4.26. The molecule has 0 aliphatic heterocycles. The Bertz CT molecular complexity index is 1020. The third-order valence-electron chi connectivity index (χ3n) is 4.26. The van der Waals surface area contributed by atoms with Crippen LogP contribution in [0.1, 0.15) is 27.6 Å². The molecule has 29 heavy (non-hydrogen) atoms. The van der Waals surface area contributed by atoms with E-state index in [0.29, 0.717) is 17.0 Å². The minimum absolute atomic E-state index is 0.0651. The van der Waals surface area contributed by atoms with Gasteiger partial charge in [0.2, 0.25) is 6.10 Å². The van der Waals surface area contributed by atoms with Crippen LogP contribution in [-0.2, 0) is 9.53 Å². The number of rotatable bonds is 6. The Morgan fingerprint density at radius 1 is 0.966 bits per heavy atom. The van der Waals surface area contributed by atoms with Gasteiger partial charge in [0.1, 0.15) is 11.5 Å². The van der Waals surface area contributed by atoms with E-state index in [4.69, 9.17) is 9.47 Å². The first-order valence-electron chi connectivity index (χ1n) is 8.98. The molecule has 3 aromatic rings. The molecular weight excluding hydrogens is 370 g/mol. The molecule has 1 amide bonds. The normalized spacial score (nSPS) is 11.4. The largest absolute Gasteiger partial charge is 0.508 e. The molecule has 0 aliphatic rings. The first kappa shape index (κ1) is 19.9. The quantitative estimate of drug-likeness (QED) is 0.614. The van der Waals surface area contributed by atoms with Crippen molar-refractivity contribution in [2.75, 3.05) is 12.4 Å². The van der Waals surface area contributed by atoms with Gasteiger partial charge in [-0.15, -0.1) is 0 Å². The van der Waals surface area contributed by atoms with Crippen LogP contribution < -0.4 is 10.1 Å². The summed E-state index contributed by atoms with van der Waals surface area (Å²) in [5, 5.41) is 12.4. The Hall–Kier alpha value is -3.80. The molecule has 0 radical (unpaired) electrons. The van der Waals surface area contributed by atoms with E-state index in [1.165, 1.54) is 31.4 Å². The lowest BCUT2D eigenvalue weighted by Gasteiger charge is -2.19. The number of methoxy groups -OCH3 is 1. The van der Waals surface area contributed by atoms with Gasteiger partial charge in [-0.05, 0) is 42.8 Å². The molecule has 148 valence electrons. The second-order valence-electron chi connectivity index (χ2n) is 6.44. The highest BCUT2D eigenvalue weighted by Crippen LogP contribution is 2.28. The number of anilines is 1. The number of aromatic hydroxyl groups is 1. The van der Waals surface area contributed by atoms with Crippen molar-refractivity contribution < 1.29 is 24.2 Å². The van der Waals surface area contributed by atoms with E-state index in [2.05, 4.69) is 5.32 Å². The molecular formula is C23H21NO5. The van der Waals surface area contributed by atoms with Crippen LogP contribution in [0.15, 0.2) is 72.8 Å². The molecule has 0 aromatic heterocycles. The van der Waals surface area contributed by atoms with E-state index in [1.807, 2.05) is 13.0 Å². The molecule has 6 heteroatoms. The van der Waals surface area contributed by atoms with E-state index >= 15 is 0 Å². The van der Waals surface area contributed by atoms with Gasteiger partial charge in [-0.2, -0.15) is 0 Å². The van der Waals surface area contributed by atoms with E-state index in [-0.39, 0.29) is 11.3 Å². The summed E-state index contributed by atoms with van der Waals surface area (Å²) in [6.45, 7) is 1.89. The van der Waals surface area contributed by atoms with Crippen molar-refractivity contribution >= 4 is 17.6 Å². The van der Waals surface area contributed by atoms with Crippen molar-refractivity contribution in [1.29, 1.82) is 0 Å². The molecule has 3 aromatic carbocycles. The maximum atomic E-state index is 13.0. The number of phenolic OH excluding ortho intramolecular Hbond substituents is 1. The summed E-state index contributed by atoms with van der Waals surface area (Å²) < 4.78 is 10.8. The van der Waals surface area contributed by atoms with Crippen LogP contribution in [0, 0.1) is 6.92 Å². The number of phenols is 1. The van der Waals surface area contributed by atoms with Gasteiger partial charge in [0.15, 0.2) is 0 Å². The second kappa shape index (κ2) is 8.93. The van der Waals surface area contributed by atoms with Crippen molar-refractivity contribution in [1.82, 2.24) is 0 Å². The summed E-state index contributed by atoms with van der Waals surface area (Å²) in [5.41, 5.74) is 2.08. The number of hydrogen-bond acceptors (Lipinski definition) is 5. The van der Waals surface area contributed by atoms with Crippen LogP contribution in [0.2, 0.25) is 0 Å². The van der Waals surface area contributed by atoms with Crippen molar-refractivity contribution in [2.24, 2.45) is 0 Å². The molecule has 0 aliphatic carbocycles. The molecule has 6 nitrogen and oxygen atoms in total. The highest BCUT2D eigenvalue weighted by Gasteiger charge is 2.26. The van der Waals surface area contributed by atoms with Gasteiger partial charge >= 0.3 is 5.97 Å². The minimum Gasteiger partial charge on any atom is -0.508 e. The second-order valence-corrected chi connectivity index (χ2v) is 6.44. The summed E-state index contributed by atoms with van der Waals surface area (Å²) in [4.78, 5) is 25.6. The van der Waals surface area contributed by atoms with Crippen LogP contribution in [-0.4, -0.2) is 24.1 Å². The lowest BCUT2D eigenvalue weighted by atomic mass is 10.1. The summed E-state index contributed by atoms with van der Waals surface area (Å²) in [6.07, 6.45) is -1.18. The maximum absolute atomic E-state index is 13.0. The van der Waals surface area contributed by atoms with Gasteiger partial charge in [-0.3, -0.25) is 4.79 Å². The van der Waals surface area contributed by atoms with Crippen LogP contribution in [0.3, 0.4) is 0 Å². The molecule has 0 unspecified atom stereocenters. The zero-order valence-electron chi connectivity index (χ0n) is 16.1. The fourth-order valence-electron chi connectivity index (χ4n) is 2.83. The fourth-order valence-corrected chi connectivity index (χ4v) is 2.83. The van der Waals surface area contributed by atoms with E-state index in [0.717, 1.165) is 5.56 Å². The molecule has 2 N–H and O–H groups in total. The van der Waals surface area contributed by atoms with Crippen molar-refractivity contribution in [3.63, 3.8) is 0 Å². The third kappa shape index (κ3) is 4.93. The zero-order valence-corrected chi connectivity index (χ0v) is 16.1. The Morgan fingerprint density at radius 2 is 1.72 bits per heavy atom. The summed E-state index contributed by atoms with van der Waals surface area (Å²) in [7, 11) is 1.51. The molecule has 3 rings (SSSR count). The molecule has 0 spiro atoms. The van der Waals surface area contributed by atoms with Crippen LogP contribution >= 0.6 is 0 Å². The van der Waals surface area contributed by atoms with Crippen LogP contribution in [0.25, 0.3) is 0 Å². The van der Waals surface area contributed by atoms with Crippen molar-refractivity contribution in [3.8, 4) is 11.5 Å². The first-order valence-corrected chi connectivity index (χ1v) is 8.98. The number of esters is 1. The van der Waals surface area contributed by atoms with Gasteiger partial charge in [-0.25, -0.2) is 4.79 Å². The predicted molar refractivity (Wildman–Crippen MR) is 109 cm³/mol. The van der Waals surface area contributed by atoms with Crippen LogP contribution in [0.4, 0.5) is 5.69 Å². The Morgan fingerprint density at radius 3 is 2.41 bits per heavy atom. The highest BCUT2D eigenvalue weighted by molar-refractivity contribution is 5.99. The summed E-state index contributed by atoms with van der Waals surface area (Å²) in [6, 6.07) is 19.9. The lowest BCUT2D eigenvalue weighted by molar-refractivity contribution is -0.125. The van der Waals surface area contributed by atoms with Gasteiger partial charge in [0, 0.05) is 5.56 Å².